The molecule has 212 valence electrons. The Morgan fingerprint density at radius 2 is 1.55 bits per heavy atom. The number of amides is 1. The van der Waals surface area contributed by atoms with Crippen molar-refractivity contribution in [1.29, 1.82) is 0 Å². The zero-order valence-electron chi connectivity index (χ0n) is 21.9. The lowest BCUT2D eigenvalue weighted by Crippen LogP contribution is -2.53. The van der Waals surface area contributed by atoms with Crippen LogP contribution in [0.25, 0.3) is 0 Å². The molecule has 2 saturated heterocycles. The van der Waals surface area contributed by atoms with Gasteiger partial charge in [0.2, 0.25) is 0 Å². The van der Waals surface area contributed by atoms with Crippen LogP contribution >= 0.6 is 23.2 Å². The van der Waals surface area contributed by atoms with Crippen molar-refractivity contribution < 1.29 is 18.0 Å². The first-order valence-corrected chi connectivity index (χ1v) is 14.1. The van der Waals surface area contributed by atoms with Gasteiger partial charge in [0.1, 0.15) is 11.6 Å². The number of benzene rings is 2. The Kier molecular flexibility index (Phi) is 9.15. The van der Waals surface area contributed by atoms with E-state index in [1.165, 1.54) is 30.5 Å². The largest absolute Gasteiger partial charge is 0.353 e. The van der Waals surface area contributed by atoms with Crippen molar-refractivity contribution in [2.45, 2.75) is 32.0 Å². The van der Waals surface area contributed by atoms with Gasteiger partial charge in [-0.15, -0.1) is 0 Å². The predicted octanol–water partition coefficient (Wildman–Crippen LogP) is 5.52. The number of anilines is 1. The van der Waals surface area contributed by atoms with E-state index in [-0.39, 0.29) is 17.5 Å². The summed E-state index contributed by atoms with van der Waals surface area (Å²) in [6, 6.07) is 10.5. The maximum atomic E-state index is 13.5. The van der Waals surface area contributed by atoms with E-state index in [0.717, 1.165) is 57.7 Å². The monoisotopic (exact) mass is 591 g/mol. The summed E-state index contributed by atoms with van der Waals surface area (Å²) in [5.41, 5.74) is 1.81. The molecular formula is C29H30Cl2F3N5O. The van der Waals surface area contributed by atoms with Crippen molar-refractivity contribution in [3.05, 3.63) is 92.8 Å². The number of carbonyl (C=O) groups is 1. The summed E-state index contributed by atoms with van der Waals surface area (Å²) in [6.07, 6.45) is 3.57. The molecule has 0 spiro atoms. The molecule has 0 radical (unpaired) electrons. The van der Waals surface area contributed by atoms with Gasteiger partial charge in [-0.05, 0) is 67.4 Å². The normalized spacial score (nSPS) is 17.3. The lowest BCUT2D eigenvalue weighted by Gasteiger charge is -2.43. The van der Waals surface area contributed by atoms with Crippen LogP contribution in [-0.2, 0) is 13.1 Å². The second-order valence-corrected chi connectivity index (χ2v) is 11.1. The molecule has 0 bridgehead atoms. The number of halogens is 5. The van der Waals surface area contributed by atoms with Crippen molar-refractivity contribution in [1.82, 2.24) is 20.1 Å². The fourth-order valence-corrected chi connectivity index (χ4v) is 5.85. The first kappa shape index (κ1) is 28.7. The van der Waals surface area contributed by atoms with Crippen LogP contribution in [0.2, 0.25) is 10.0 Å². The third-order valence-corrected chi connectivity index (χ3v) is 8.17. The first-order chi connectivity index (χ1) is 19.3. The van der Waals surface area contributed by atoms with Crippen LogP contribution < -0.4 is 10.2 Å². The standard InChI is InChI=1S/C29H30Cl2F3N5O/c30-23-13-19(1-3-25(23)32)16-36-29(40)21-15-24(31)28(35-17-21)39-11-9-38(10-12-39)22-5-7-37(8-6-22)18-20-2-4-26(33)27(34)14-20/h1-4,13-15,17,22H,5-12,16,18H2,(H,36,40). The lowest BCUT2D eigenvalue weighted by molar-refractivity contribution is 0.0950. The summed E-state index contributed by atoms with van der Waals surface area (Å²) in [5.74, 6) is -1.80. The van der Waals surface area contributed by atoms with Crippen molar-refractivity contribution in [2.75, 3.05) is 44.2 Å². The highest BCUT2D eigenvalue weighted by atomic mass is 35.5. The number of likely N-dealkylation sites (tertiary alicyclic amines) is 1. The van der Waals surface area contributed by atoms with Gasteiger partial charge in [0, 0.05) is 51.5 Å². The third kappa shape index (κ3) is 6.89. The molecule has 11 heteroatoms. The molecular weight excluding hydrogens is 562 g/mol. The van der Waals surface area contributed by atoms with Crippen molar-refractivity contribution in [3.8, 4) is 0 Å². The molecule has 40 heavy (non-hydrogen) atoms. The van der Waals surface area contributed by atoms with Crippen molar-refractivity contribution in [3.63, 3.8) is 0 Å². The number of aromatic nitrogens is 1. The SMILES string of the molecule is O=C(NCc1ccc(F)c(Cl)c1)c1cnc(N2CCN(C3CCN(Cc4ccc(F)c(F)c4)CC3)CC2)c(Cl)c1. The summed E-state index contributed by atoms with van der Waals surface area (Å²) >= 11 is 12.3. The maximum Gasteiger partial charge on any atom is 0.253 e. The van der Waals surface area contributed by atoms with Crippen LogP contribution in [0.15, 0.2) is 48.7 Å². The minimum atomic E-state index is -0.816. The molecule has 2 fully saturated rings. The lowest BCUT2D eigenvalue weighted by atomic mass is 10.0. The van der Waals surface area contributed by atoms with Gasteiger partial charge in [-0.25, -0.2) is 18.2 Å². The molecule has 0 saturated carbocycles. The average molecular weight is 592 g/mol. The van der Waals surface area contributed by atoms with Crippen LogP contribution in [-0.4, -0.2) is 66.0 Å². The smallest absolute Gasteiger partial charge is 0.253 e. The van der Waals surface area contributed by atoms with Crippen LogP contribution in [0.5, 0.6) is 0 Å². The molecule has 0 atom stereocenters. The van der Waals surface area contributed by atoms with E-state index < -0.39 is 17.5 Å². The fraction of sp³-hybridized carbons (Fsp3) is 0.379. The van der Waals surface area contributed by atoms with E-state index in [4.69, 9.17) is 23.2 Å². The molecule has 6 nitrogen and oxygen atoms in total. The Labute approximate surface area is 241 Å². The molecule has 3 aromatic rings. The fourth-order valence-electron chi connectivity index (χ4n) is 5.36. The van der Waals surface area contributed by atoms with Gasteiger partial charge in [0.25, 0.3) is 5.91 Å². The summed E-state index contributed by atoms with van der Waals surface area (Å²) < 4.78 is 40.1. The maximum absolute atomic E-state index is 13.5. The third-order valence-electron chi connectivity index (χ3n) is 7.60. The van der Waals surface area contributed by atoms with Crippen molar-refractivity contribution in [2.24, 2.45) is 0 Å². The topological polar surface area (TPSA) is 51.7 Å². The van der Waals surface area contributed by atoms with Gasteiger partial charge in [0.15, 0.2) is 11.6 Å². The van der Waals surface area contributed by atoms with Gasteiger partial charge < -0.3 is 10.2 Å². The highest BCUT2D eigenvalue weighted by Crippen LogP contribution is 2.27. The molecule has 1 N–H and O–H groups in total. The summed E-state index contributed by atoms with van der Waals surface area (Å²) in [4.78, 5) is 24.0. The number of piperidine rings is 1. The first-order valence-electron chi connectivity index (χ1n) is 13.3. The number of piperazine rings is 1. The minimum Gasteiger partial charge on any atom is -0.353 e. The highest BCUT2D eigenvalue weighted by molar-refractivity contribution is 6.33. The molecule has 3 heterocycles. The highest BCUT2D eigenvalue weighted by Gasteiger charge is 2.28. The van der Waals surface area contributed by atoms with Crippen LogP contribution in [0.3, 0.4) is 0 Å². The molecule has 1 amide bonds. The Morgan fingerprint density at radius 3 is 2.23 bits per heavy atom. The molecule has 2 aliphatic heterocycles. The predicted molar refractivity (Wildman–Crippen MR) is 150 cm³/mol. The molecule has 2 aromatic carbocycles. The van der Waals surface area contributed by atoms with Gasteiger partial charge in [-0.1, -0.05) is 35.3 Å². The van der Waals surface area contributed by atoms with Gasteiger partial charge >= 0.3 is 0 Å². The Bertz CT molecular complexity index is 1360. The Hall–Kier alpha value is -2.85. The van der Waals surface area contributed by atoms with Crippen LogP contribution in [0.1, 0.15) is 34.3 Å². The number of hydrogen-bond acceptors (Lipinski definition) is 5. The second kappa shape index (κ2) is 12.8. The number of nitrogens with zero attached hydrogens (tertiary/aromatic N) is 4. The number of pyridine rings is 1. The van der Waals surface area contributed by atoms with Crippen LogP contribution in [0.4, 0.5) is 19.0 Å². The van der Waals surface area contributed by atoms with Crippen LogP contribution in [0, 0.1) is 17.5 Å². The zero-order chi connectivity index (χ0) is 28.2. The van der Waals surface area contributed by atoms with E-state index in [9.17, 15) is 18.0 Å². The van der Waals surface area contributed by atoms with Gasteiger partial charge in [0.05, 0.1) is 15.6 Å². The van der Waals surface area contributed by atoms with Crippen molar-refractivity contribution >= 4 is 34.9 Å². The van der Waals surface area contributed by atoms with Gasteiger partial charge in [-0.3, -0.25) is 14.6 Å². The second-order valence-electron chi connectivity index (χ2n) is 10.2. The number of carbonyl (C=O) groups excluding carboxylic acids is 1. The number of nitrogens with one attached hydrogen (secondary N) is 1. The van der Waals surface area contributed by atoms with E-state index >= 15 is 0 Å². The van der Waals surface area contributed by atoms with E-state index in [1.54, 1.807) is 18.2 Å². The van der Waals surface area contributed by atoms with E-state index in [2.05, 4.69) is 25.0 Å². The molecule has 2 aliphatic rings. The zero-order valence-corrected chi connectivity index (χ0v) is 23.4. The van der Waals surface area contributed by atoms with E-state index in [0.29, 0.717) is 34.6 Å². The summed E-state index contributed by atoms with van der Waals surface area (Å²) in [7, 11) is 0. The summed E-state index contributed by atoms with van der Waals surface area (Å²) in [5, 5.41) is 3.20. The Morgan fingerprint density at radius 1 is 0.850 bits per heavy atom. The molecule has 0 unspecified atom stereocenters. The molecule has 5 rings (SSSR count). The average Bonchev–Trinajstić information content (AvgIpc) is 2.96. The number of rotatable bonds is 7. The minimum absolute atomic E-state index is 0.00560. The van der Waals surface area contributed by atoms with E-state index in [1.807, 2.05) is 0 Å². The summed E-state index contributed by atoms with van der Waals surface area (Å²) in [6.45, 7) is 5.96. The quantitative estimate of drug-likeness (QED) is 0.392. The molecule has 0 aliphatic carbocycles. The van der Waals surface area contributed by atoms with Gasteiger partial charge in [-0.2, -0.15) is 0 Å². The Balaban J connectivity index is 1.09. The number of hydrogen-bond donors (Lipinski definition) is 1. The molecule has 1 aromatic heterocycles.